The van der Waals surface area contributed by atoms with Crippen molar-refractivity contribution in [3.63, 3.8) is 0 Å². The number of aryl methyl sites for hydroxylation is 1. The fraction of sp³-hybridized carbons (Fsp3) is 0.692. The van der Waals surface area contributed by atoms with Gasteiger partial charge in [0, 0.05) is 36.9 Å². The molecule has 0 saturated carbocycles. The molecule has 3 rings (SSSR count). The molecule has 2 aliphatic rings. The number of nitrogen functional groups attached to an aromatic ring is 1. The normalized spacial score (nSPS) is 28.4. The second kappa shape index (κ2) is 4.39. The average molecular weight is 247 g/mol. The third-order valence-electron chi connectivity index (χ3n) is 4.33. The van der Waals surface area contributed by atoms with Crippen LogP contribution in [0.4, 0.5) is 11.8 Å². The van der Waals surface area contributed by atoms with E-state index < -0.39 is 0 Å². The van der Waals surface area contributed by atoms with E-state index in [0.717, 1.165) is 30.6 Å². The van der Waals surface area contributed by atoms with Crippen LogP contribution in [0.15, 0.2) is 6.07 Å². The fourth-order valence-corrected chi connectivity index (χ4v) is 3.25. The van der Waals surface area contributed by atoms with Crippen LogP contribution in [0, 0.1) is 6.92 Å². The summed E-state index contributed by atoms with van der Waals surface area (Å²) in [6, 6.07) is 3.45. The molecule has 0 amide bonds. The highest BCUT2D eigenvalue weighted by Crippen LogP contribution is 2.30. The lowest BCUT2D eigenvalue weighted by molar-refractivity contribution is 0.254. The molecule has 3 heterocycles. The van der Waals surface area contributed by atoms with E-state index in [1.54, 1.807) is 0 Å². The molecule has 0 radical (unpaired) electrons. The van der Waals surface area contributed by atoms with Gasteiger partial charge in [-0.25, -0.2) is 4.98 Å². The molecule has 2 bridgehead atoms. The summed E-state index contributed by atoms with van der Waals surface area (Å²) >= 11 is 0. The Morgan fingerprint density at radius 3 is 2.78 bits per heavy atom. The average Bonchev–Trinajstić information content (AvgIpc) is 2.51. The molecule has 2 aliphatic heterocycles. The minimum absolute atomic E-state index is 0.382. The summed E-state index contributed by atoms with van der Waals surface area (Å²) in [6.07, 6.45) is 3.87. The van der Waals surface area contributed by atoms with Crippen LogP contribution < -0.4 is 10.6 Å². The summed E-state index contributed by atoms with van der Waals surface area (Å²) in [5, 5.41) is 0. The minimum atomic E-state index is 0.382. The second-order valence-electron chi connectivity index (χ2n) is 5.51. The molecule has 1 aromatic rings. The Labute approximate surface area is 108 Å². The van der Waals surface area contributed by atoms with Gasteiger partial charge in [-0.15, -0.1) is 0 Å². The van der Waals surface area contributed by atoms with Crippen LogP contribution in [0.2, 0.25) is 0 Å². The Kier molecular flexibility index (Phi) is 2.86. The smallest absolute Gasteiger partial charge is 0.222 e. The van der Waals surface area contributed by atoms with Crippen molar-refractivity contribution in [2.24, 2.45) is 0 Å². The predicted octanol–water partition coefficient (Wildman–Crippen LogP) is 1.04. The molecule has 0 aromatic carbocycles. The maximum Gasteiger partial charge on any atom is 0.222 e. The lowest BCUT2D eigenvalue weighted by atomic mass is 10.1. The molecule has 0 spiro atoms. The first-order valence-electron chi connectivity index (χ1n) is 6.71. The van der Waals surface area contributed by atoms with Crippen molar-refractivity contribution in [1.82, 2.24) is 14.9 Å². The van der Waals surface area contributed by atoms with Gasteiger partial charge in [0.05, 0.1) is 0 Å². The largest absolute Gasteiger partial charge is 0.368 e. The van der Waals surface area contributed by atoms with Crippen LogP contribution in [-0.2, 0) is 0 Å². The Morgan fingerprint density at radius 1 is 1.22 bits per heavy atom. The van der Waals surface area contributed by atoms with E-state index in [2.05, 4.69) is 26.8 Å². The molecule has 2 atom stereocenters. The molecular weight excluding hydrogens is 226 g/mol. The van der Waals surface area contributed by atoms with E-state index in [4.69, 9.17) is 5.73 Å². The van der Waals surface area contributed by atoms with Crippen LogP contribution in [0.1, 0.15) is 25.0 Å². The lowest BCUT2D eigenvalue weighted by Gasteiger charge is -2.26. The molecule has 1 aromatic heterocycles. The molecule has 0 aliphatic carbocycles. The van der Waals surface area contributed by atoms with Crippen molar-refractivity contribution < 1.29 is 0 Å². The van der Waals surface area contributed by atoms with E-state index in [1.807, 2.05) is 13.0 Å². The number of likely N-dealkylation sites (N-methyl/N-ethyl adjacent to an activating group) is 1. The first-order valence-corrected chi connectivity index (χ1v) is 6.71. The highest BCUT2D eigenvalue weighted by Gasteiger charge is 2.34. The van der Waals surface area contributed by atoms with Crippen molar-refractivity contribution in [2.75, 3.05) is 30.8 Å². The fourth-order valence-electron chi connectivity index (χ4n) is 3.25. The van der Waals surface area contributed by atoms with Crippen molar-refractivity contribution in [2.45, 2.75) is 38.3 Å². The van der Waals surface area contributed by atoms with Gasteiger partial charge in [0.2, 0.25) is 5.95 Å². The summed E-state index contributed by atoms with van der Waals surface area (Å²) in [4.78, 5) is 13.4. The van der Waals surface area contributed by atoms with Crippen molar-refractivity contribution >= 4 is 11.8 Å². The number of anilines is 2. The number of fused-ring (bicyclic) bond motifs is 2. The van der Waals surface area contributed by atoms with Gasteiger partial charge < -0.3 is 10.6 Å². The summed E-state index contributed by atoms with van der Waals surface area (Å²) in [5.41, 5.74) is 6.69. The molecule has 2 saturated heterocycles. The summed E-state index contributed by atoms with van der Waals surface area (Å²) in [7, 11) is 2.26. The summed E-state index contributed by atoms with van der Waals surface area (Å²) in [5.74, 6) is 1.37. The van der Waals surface area contributed by atoms with Crippen molar-refractivity contribution in [1.29, 1.82) is 0 Å². The maximum absolute atomic E-state index is 5.75. The molecule has 2 fully saturated rings. The van der Waals surface area contributed by atoms with Gasteiger partial charge in [-0.1, -0.05) is 0 Å². The molecule has 18 heavy (non-hydrogen) atoms. The number of hydrogen-bond donors (Lipinski definition) is 1. The second-order valence-corrected chi connectivity index (χ2v) is 5.51. The molecule has 2 N–H and O–H groups in total. The SMILES string of the molecule is Cc1cc(N2CCC3CCC(C2)N3C)nc(N)n1. The predicted molar refractivity (Wildman–Crippen MR) is 72.6 cm³/mol. The number of hydrogen-bond acceptors (Lipinski definition) is 5. The van der Waals surface area contributed by atoms with Crippen molar-refractivity contribution in [3.05, 3.63) is 11.8 Å². The van der Waals surface area contributed by atoms with Gasteiger partial charge in [-0.2, -0.15) is 4.98 Å². The van der Waals surface area contributed by atoms with Gasteiger partial charge in [0.25, 0.3) is 0 Å². The van der Waals surface area contributed by atoms with Gasteiger partial charge in [0.1, 0.15) is 5.82 Å². The number of nitrogens with zero attached hydrogens (tertiary/aromatic N) is 4. The highest BCUT2D eigenvalue weighted by molar-refractivity contribution is 5.43. The van der Waals surface area contributed by atoms with Gasteiger partial charge >= 0.3 is 0 Å². The minimum Gasteiger partial charge on any atom is -0.368 e. The standard InChI is InChI=1S/C13H21N5/c1-9-7-12(16-13(14)15-9)18-6-5-10-3-4-11(8-18)17(10)2/h7,10-11H,3-6,8H2,1-2H3,(H2,14,15,16). The zero-order valence-electron chi connectivity index (χ0n) is 11.1. The Bertz CT molecular complexity index is 427. The Balaban J connectivity index is 1.84. The summed E-state index contributed by atoms with van der Waals surface area (Å²) < 4.78 is 0. The Hall–Kier alpha value is -1.36. The molecule has 5 nitrogen and oxygen atoms in total. The van der Waals surface area contributed by atoms with Crippen LogP contribution in [0.25, 0.3) is 0 Å². The monoisotopic (exact) mass is 247 g/mol. The zero-order valence-corrected chi connectivity index (χ0v) is 11.1. The third kappa shape index (κ3) is 2.03. The lowest BCUT2D eigenvalue weighted by Crippen LogP contribution is -2.37. The number of rotatable bonds is 1. The van der Waals surface area contributed by atoms with E-state index in [-0.39, 0.29) is 0 Å². The quantitative estimate of drug-likeness (QED) is 0.803. The van der Waals surface area contributed by atoms with Crippen LogP contribution in [0.5, 0.6) is 0 Å². The van der Waals surface area contributed by atoms with Gasteiger partial charge in [-0.05, 0) is 33.2 Å². The molecule has 98 valence electrons. The molecule has 2 unspecified atom stereocenters. The summed E-state index contributed by atoms with van der Waals surface area (Å²) in [6.45, 7) is 4.10. The van der Waals surface area contributed by atoms with E-state index in [9.17, 15) is 0 Å². The number of aromatic nitrogens is 2. The van der Waals surface area contributed by atoms with Crippen LogP contribution >= 0.6 is 0 Å². The maximum atomic E-state index is 5.75. The topological polar surface area (TPSA) is 58.3 Å². The van der Waals surface area contributed by atoms with E-state index >= 15 is 0 Å². The van der Waals surface area contributed by atoms with E-state index in [1.165, 1.54) is 19.3 Å². The first-order chi connectivity index (χ1) is 8.63. The Morgan fingerprint density at radius 2 is 2.00 bits per heavy atom. The third-order valence-corrected chi connectivity index (χ3v) is 4.33. The molecular formula is C13H21N5. The van der Waals surface area contributed by atoms with Crippen molar-refractivity contribution in [3.8, 4) is 0 Å². The van der Waals surface area contributed by atoms with Crippen LogP contribution in [-0.4, -0.2) is 47.1 Å². The van der Waals surface area contributed by atoms with Gasteiger partial charge in [0.15, 0.2) is 0 Å². The highest BCUT2D eigenvalue weighted by atomic mass is 15.3. The zero-order chi connectivity index (χ0) is 12.7. The van der Waals surface area contributed by atoms with Gasteiger partial charge in [-0.3, -0.25) is 4.90 Å². The van der Waals surface area contributed by atoms with Crippen LogP contribution in [0.3, 0.4) is 0 Å². The first kappa shape index (κ1) is 11.7. The van der Waals surface area contributed by atoms with E-state index in [0.29, 0.717) is 12.0 Å². The number of nitrogens with two attached hydrogens (primary N) is 1. The molecule has 5 heteroatoms.